The lowest BCUT2D eigenvalue weighted by molar-refractivity contribution is 0.923. The summed E-state index contributed by atoms with van der Waals surface area (Å²) in [6.45, 7) is 7.85. The van der Waals surface area contributed by atoms with Gasteiger partial charge in [-0.1, -0.05) is 6.58 Å². The van der Waals surface area contributed by atoms with Gasteiger partial charge in [0.25, 0.3) is 5.78 Å². The lowest BCUT2D eigenvalue weighted by atomic mass is 10.2. The molecule has 4 rings (SSSR count). The number of nitrogens with one attached hydrogen (secondary N) is 3. The molecule has 0 aliphatic carbocycles. The Bertz CT molecular complexity index is 910. The molecule has 0 saturated heterocycles. The summed E-state index contributed by atoms with van der Waals surface area (Å²) < 4.78 is 1.71. The van der Waals surface area contributed by atoms with E-state index in [1.165, 1.54) is 6.33 Å². The van der Waals surface area contributed by atoms with Crippen molar-refractivity contribution < 1.29 is 0 Å². The van der Waals surface area contributed by atoms with Gasteiger partial charge in [-0.25, -0.2) is 4.98 Å². The Morgan fingerprint density at radius 3 is 2.86 bits per heavy atom. The maximum Gasteiger partial charge on any atom is 0.254 e. The Balaban J connectivity index is 1.78. The van der Waals surface area contributed by atoms with Crippen LogP contribution < -0.4 is 16.0 Å². The molecule has 22 heavy (non-hydrogen) atoms. The number of aromatic nitrogens is 4. The summed E-state index contributed by atoms with van der Waals surface area (Å²) >= 11 is 0. The van der Waals surface area contributed by atoms with Crippen molar-refractivity contribution in [1.29, 1.82) is 0 Å². The van der Waals surface area contributed by atoms with Crippen molar-refractivity contribution in [3.8, 4) is 0 Å². The molecule has 0 amide bonds. The molecule has 1 aliphatic heterocycles. The molecule has 0 unspecified atom stereocenters. The third-order valence-corrected chi connectivity index (χ3v) is 3.76. The molecular weight excluding hydrogens is 278 g/mol. The molecule has 1 aliphatic rings. The molecular formula is C15H15N7. The first-order chi connectivity index (χ1) is 10.6. The smallest absolute Gasteiger partial charge is 0.254 e. The number of fused-ring (bicyclic) bond motifs is 2. The Hall–Kier alpha value is -3.09. The van der Waals surface area contributed by atoms with Crippen LogP contribution in [-0.4, -0.2) is 19.6 Å². The van der Waals surface area contributed by atoms with Crippen LogP contribution in [0.2, 0.25) is 0 Å². The van der Waals surface area contributed by atoms with Gasteiger partial charge in [-0.2, -0.15) is 14.6 Å². The van der Waals surface area contributed by atoms with Crippen LogP contribution in [0.5, 0.6) is 0 Å². The van der Waals surface area contributed by atoms with Gasteiger partial charge < -0.3 is 16.0 Å². The summed E-state index contributed by atoms with van der Waals surface area (Å²) in [5, 5.41) is 14.0. The van der Waals surface area contributed by atoms with Gasteiger partial charge in [-0.05, 0) is 32.0 Å². The fourth-order valence-corrected chi connectivity index (χ4v) is 2.51. The van der Waals surface area contributed by atoms with Crippen LogP contribution in [0, 0.1) is 13.8 Å². The van der Waals surface area contributed by atoms with Crippen LogP contribution in [0.1, 0.15) is 11.3 Å². The molecule has 0 radical (unpaired) electrons. The molecule has 0 spiro atoms. The number of hydrogen-bond donors (Lipinski definition) is 3. The molecule has 3 N–H and O–H groups in total. The maximum absolute atomic E-state index is 4.42. The molecule has 7 nitrogen and oxygen atoms in total. The zero-order chi connectivity index (χ0) is 15.3. The molecule has 0 bridgehead atoms. The molecule has 0 atom stereocenters. The predicted octanol–water partition coefficient (Wildman–Crippen LogP) is 2.79. The summed E-state index contributed by atoms with van der Waals surface area (Å²) in [5.41, 5.74) is 4.93. The van der Waals surface area contributed by atoms with E-state index in [2.05, 4.69) is 37.6 Å². The molecule has 2 aromatic heterocycles. The van der Waals surface area contributed by atoms with Gasteiger partial charge in [0.15, 0.2) is 0 Å². The van der Waals surface area contributed by atoms with E-state index in [0.29, 0.717) is 5.78 Å². The van der Waals surface area contributed by atoms with Crippen molar-refractivity contribution in [1.82, 2.24) is 19.6 Å². The first-order valence-corrected chi connectivity index (χ1v) is 6.93. The van der Waals surface area contributed by atoms with Crippen molar-refractivity contribution in [2.24, 2.45) is 0 Å². The minimum absolute atomic E-state index is 0.583. The van der Waals surface area contributed by atoms with Crippen molar-refractivity contribution in [2.45, 2.75) is 13.8 Å². The molecule has 7 heteroatoms. The Labute approximate surface area is 127 Å². The summed E-state index contributed by atoms with van der Waals surface area (Å²) in [4.78, 5) is 8.58. The topological polar surface area (TPSA) is 79.2 Å². The van der Waals surface area contributed by atoms with Crippen LogP contribution in [0.25, 0.3) is 5.78 Å². The first kappa shape index (κ1) is 12.6. The van der Waals surface area contributed by atoms with Crippen LogP contribution in [0.4, 0.5) is 22.9 Å². The standard InChI is InChI=1S/C15H15N7/c1-8-9(2)18-15-16-7-17-22(15)14(8)21-11-4-5-12-13(6-11)20-10(3)19-12/h4-7,19-21H,3H2,1-2H3. The lowest BCUT2D eigenvalue weighted by Crippen LogP contribution is -2.06. The van der Waals surface area contributed by atoms with E-state index >= 15 is 0 Å². The number of aryl methyl sites for hydroxylation is 1. The molecule has 0 saturated carbocycles. The molecule has 0 fully saturated rings. The van der Waals surface area contributed by atoms with Crippen LogP contribution in [-0.2, 0) is 0 Å². The molecule has 110 valence electrons. The van der Waals surface area contributed by atoms with E-state index < -0.39 is 0 Å². The summed E-state index contributed by atoms with van der Waals surface area (Å²) in [6, 6.07) is 6.04. The number of nitrogens with zero attached hydrogens (tertiary/aromatic N) is 4. The van der Waals surface area contributed by atoms with E-state index in [0.717, 1.165) is 40.0 Å². The zero-order valence-electron chi connectivity index (χ0n) is 12.3. The van der Waals surface area contributed by atoms with Gasteiger partial charge in [-0.3, -0.25) is 0 Å². The Morgan fingerprint density at radius 2 is 2.00 bits per heavy atom. The van der Waals surface area contributed by atoms with E-state index in [1.54, 1.807) is 4.52 Å². The third-order valence-electron chi connectivity index (χ3n) is 3.76. The number of hydrogen-bond acceptors (Lipinski definition) is 6. The molecule has 1 aromatic carbocycles. The fraction of sp³-hybridized carbons (Fsp3) is 0.133. The predicted molar refractivity (Wildman–Crippen MR) is 86.4 cm³/mol. The normalized spacial score (nSPS) is 12.9. The summed E-state index contributed by atoms with van der Waals surface area (Å²) in [5.74, 6) is 2.23. The lowest BCUT2D eigenvalue weighted by Gasteiger charge is -2.13. The highest BCUT2D eigenvalue weighted by Gasteiger charge is 2.15. The number of anilines is 4. The van der Waals surface area contributed by atoms with Crippen LogP contribution >= 0.6 is 0 Å². The van der Waals surface area contributed by atoms with Crippen molar-refractivity contribution in [2.75, 3.05) is 16.0 Å². The zero-order valence-corrected chi connectivity index (χ0v) is 12.3. The SMILES string of the molecule is C=C1Nc2ccc(Nc3c(C)c(C)nc4ncnn34)cc2N1. The monoisotopic (exact) mass is 293 g/mol. The van der Waals surface area contributed by atoms with Gasteiger partial charge >= 0.3 is 0 Å². The van der Waals surface area contributed by atoms with Crippen molar-refractivity contribution in [3.05, 3.63) is 48.2 Å². The first-order valence-electron chi connectivity index (χ1n) is 6.93. The highest BCUT2D eigenvalue weighted by Crippen LogP contribution is 2.33. The van der Waals surface area contributed by atoms with Crippen molar-refractivity contribution in [3.63, 3.8) is 0 Å². The minimum Gasteiger partial charge on any atom is -0.341 e. The second-order valence-corrected chi connectivity index (χ2v) is 5.26. The second-order valence-electron chi connectivity index (χ2n) is 5.26. The van der Waals surface area contributed by atoms with Gasteiger partial charge in [0, 0.05) is 16.9 Å². The van der Waals surface area contributed by atoms with Gasteiger partial charge in [-0.15, -0.1) is 0 Å². The Morgan fingerprint density at radius 1 is 1.18 bits per heavy atom. The minimum atomic E-state index is 0.583. The van der Waals surface area contributed by atoms with E-state index in [4.69, 9.17) is 0 Å². The highest BCUT2D eigenvalue weighted by atomic mass is 15.4. The van der Waals surface area contributed by atoms with E-state index in [9.17, 15) is 0 Å². The quantitative estimate of drug-likeness (QED) is 0.674. The third kappa shape index (κ3) is 1.86. The summed E-state index contributed by atoms with van der Waals surface area (Å²) in [7, 11) is 0. The average Bonchev–Trinajstić information content (AvgIpc) is 3.08. The average molecular weight is 293 g/mol. The fourth-order valence-electron chi connectivity index (χ4n) is 2.51. The second kappa shape index (κ2) is 4.45. The van der Waals surface area contributed by atoms with Crippen LogP contribution in [0.3, 0.4) is 0 Å². The van der Waals surface area contributed by atoms with E-state index in [-0.39, 0.29) is 0 Å². The molecule has 3 heterocycles. The highest BCUT2D eigenvalue weighted by molar-refractivity contribution is 5.82. The van der Waals surface area contributed by atoms with E-state index in [1.807, 2.05) is 32.0 Å². The van der Waals surface area contributed by atoms with Crippen molar-refractivity contribution >= 4 is 28.7 Å². The van der Waals surface area contributed by atoms with Gasteiger partial charge in [0.1, 0.15) is 18.0 Å². The van der Waals surface area contributed by atoms with Crippen LogP contribution in [0.15, 0.2) is 36.9 Å². The summed E-state index contributed by atoms with van der Waals surface area (Å²) in [6.07, 6.45) is 1.50. The maximum atomic E-state index is 4.42. The van der Waals surface area contributed by atoms with Gasteiger partial charge in [0.05, 0.1) is 11.4 Å². The number of rotatable bonds is 2. The van der Waals surface area contributed by atoms with Gasteiger partial charge in [0.2, 0.25) is 0 Å². The Kier molecular flexibility index (Phi) is 2.56. The molecule has 3 aromatic rings. The largest absolute Gasteiger partial charge is 0.341 e. The number of benzene rings is 1.